The van der Waals surface area contributed by atoms with E-state index in [1.165, 1.54) is 12.3 Å². The van der Waals surface area contributed by atoms with Crippen molar-refractivity contribution in [3.63, 3.8) is 0 Å². The Morgan fingerprint density at radius 1 is 1.05 bits per heavy atom. The van der Waals surface area contributed by atoms with Gasteiger partial charge < -0.3 is 10.4 Å². The summed E-state index contributed by atoms with van der Waals surface area (Å²) < 4.78 is 0. The first-order valence-corrected chi connectivity index (χ1v) is 6.30. The summed E-state index contributed by atoms with van der Waals surface area (Å²) in [6, 6.07) is 10.3. The third-order valence-corrected chi connectivity index (χ3v) is 2.88. The summed E-state index contributed by atoms with van der Waals surface area (Å²) in [7, 11) is 1.59. The summed E-state index contributed by atoms with van der Waals surface area (Å²) in [5.74, 6) is -1.13. The van der Waals surface area contributed by atoms with E-state index in [9.17, 15) is 9.59 Å². The molecule has 1 aromatic heterocycles. The van der Waals surface area contributed by atoms with E-state index < -0.39 is 5.97 Å². The predicted octanol–water partition coefficient (Wildman–Crippen LogP) is 2.31. The summed E-state index contributed by atoms with van der Waals surface area (Å²) in [4.78, 5) is 26.2. The molecule has 2 N–H and O–H groups in total. The highest BCUT2D eigenvalue weighted by atomic mass is 16.4. The van der Waals surface area contributed by atoms with Crippen LogP contribution >= 0.6 is 0 Å². The molecule has 0 spiro atoms. The number of benzene rings is 1. The monoisotopic (exact) mass is 282 g/mol. The van der Waals surface area contributed by atoms with Crippen molar-refractivity contribution in [2.24, 2.45) is 0 Å². The molecule has 0 saturated heterocycles. The summed E-state index contributed by atoms with van der Waals surface area (Å²) in [5.41, 5.74) is 2.34. The molecule has 0 aliphatic carbocycles. The van der Waals surface area contributed by atoms with E-state index in [0.717, 1.165) is 5.56 Å². The maximum Gasteiger partial charge on any atom is 0.337 e. The smallest absolute Gasteiger partial charge is 0.337 e. The molecule has 2 rings (SSSR count). The highest BCUT2D eigenvalue weighted by Gasteiger charge is 2.02. The van der Waals surface area contributed by atoms with Crippen LogP contribution in [0.4, 0.5) is 0 Å². The second-order valence-corrected chi connectivity index (χ2v) is 4.31. The normalized spacial score (nSPS) is 10.5. The zero-order valence-electron chi connectivity index (χ0n) is 11.4. The second kappa shape index (κ2) is 6.47. The fraction of sp³-hybridized carbons (Fsp3) is 0.0625. The molecule has 0 aliphatic heterocycles. The van der Waals surface area contributed by atoms with E-state index in [-0.39, 0.29) is 11.5 Å². The Balaban J connectivity index is 2.10. The Bertz CT molecular complexity index is 674. The number of nitrogens with one attached hydrogen (secondary N) is 1. The van der Waals surface area contributed by atoms with Crippen LogP contribution in [0, 0.1) is 0 Å². The number of amides is 1. The van der Waals surface area contributed by atoms with Gasteiger partial charge in [-0.3, -0.25) is 9.78 Å². The number of carboxylic acids is 1. The minimum atomic E-state index is -0.997. The van der Waals surface area contributed by atoms with E-state index in [1.807, 2.05) is 18.2 Å². The van der Waals surface area contributed by atoms with E-state index in [4.69, 9.17) is 5.11 Å². The molecule has 0 bridgehead atoms. The molecule has 0 atom stereocenters. The quantitative estimate of drug-likeness (QED) is 0.902. The van der Waals surface area contributed by atoms with Crippen molar-refractivity contribution in [3.8, 4) is 0 Å². The molecule has 0 aliphatic rings. The molecule has 0 saturated carbocycles. The highest BCUT2D eigenvalue weighted by Crippen LogP contribution is 2.09. The molecule has 0 fully saturated rings. The number of carboxylic acid groups (broad SMARTS) is 1. The van der Waals surface area contributed by atoms with Crippen LogP contribution in [-0.2, 0) is 0 Å². The summed E-state index contributed by atoms with van der Waals surface area (Å²) in [6.07, 6.45) is 4.94. The number of carbonyl (C=O) groups excluding carboxylic acids is 1. The zero-order chi connectivity index (χ0) is 15.2. The topological polar surface area (TPSA) is 79.3 Å². The Labute approximate surface area is 122 Å². The van der Waals surface area contributed by atoms with Crippen LogP contribution < -0.4 is 5.32 Å². The maximum absolute atomic E-state index is 11.4. The van der Waals surface area contributed by atoms with E-state index >= 15 is 0 Å². The standard InChI is InChI=1S/C16H14N2O3/c1-17-15(19)12-5-2-11(3-6-12)4-8-14-9-7-13(10-18-14)16(20)21/h2-10H,1H3,(H,17,19)(H,20,21)/b8-4+. The van der Waals surface area contributed by atoms with Crippen LogP contribution in [0.1, 0.15) is 32.0 Å². The number of hydrogen-bond donors (Lipinski definition) is 2. The lowest BCUT2D eigenvalue weighted by Gasteiger charge is -2.00. The number of carbonyl (C=O) groups is 2. The molecule has 21 heavy (non-hydrogen) atoms. The SMILES string of the molecule is CNC(=O)c1ccc(/C=C/c2ccc(C(=O)O)cn2)cc1. The lowest BCUT2D eigenvalue weighted by molar-refractivity contribution is 0.0696. The van der Waals surface area contributed by atoms with E-state index in [1.54, 1.807) is 31.3 Å². The summed E-state index contributed by atoms with van der Waals surface area (Å²) >= 11 is 0. The van der Waals surface area contributed by atoms with Crippen molar-refractivity contribution in [2.75, 3.05) is 7.05 Å². The number of rotatable bonds is 4. The number of hydrogen-bond acceptors (Lipinski definition) is 3. The third kappa shape index (κ3) is 3.76. The van der Waals surface area contributed by atoms with Crippen LogP contribution in [0.15, 0.2) is 42.6 Å². The van der Waals surface area contributed by atoms with Gasteiger partial charge in [0.2, 0.25) is 0 Å². The highest BCUT2D eigenvalue weighted by molar-refractivity contribution is 5.94. The van der Waals surface area contributed by atoms with Crippen molar-refractivity contribution in [1.82, 2.24) is 10.3 Å². The Kier molecular flexibility index (Phi) is 4.46. The number of aromatic nitrogens is 1. The summed E-state index contributed by atoms with van der Waals surface area (Å²) in [5, 5.41) is 11.3. The van der Waals surface area contributed by atoms with Crippen LogP contribution in [0.25, 0.3) is 12.2 Å². The molecule has 0 unspecified atom stereocenters. The number of nitrogens with zero attached hydrogens (tertiary/aromatic N) is 1. The molecule has 1 heterocycles. The minimum Gasteiger partial charge on any atom is -0.478 e. The van der Waals surface area contributed by atoms with Gasteiger partial charge in [-0.25, -0.2) is 4.79 Å². The molecule has 0 radical (unpaired) electrons. The first-order chi connectivity index (χ1) is 10.1. The zero-order valence-corrected chi connectivity index (χ0v) is 11.4. The number of aromatic carboxylic acids is 1. The van der Waals surface area contributed by atoms with Crippen molar-refractivity contribution in [1.29, 1.82) is 0 Å². The molecule has 2 aromatic rings. The predicted molar refractivity (Wildman–Crippen MR) is 80.0 cm³/mol. The van der Waals surface area contributed by atoms with Crippen molar-refractivity contribution in [2.45, 2.75) is 0 Å². The van der Waals surface area contributed by atoms with Gasteiger partial charge in [-0.05, 0) is 35.9 Å². The van der Waals surface area contributed by atoms with Crippen molar-refractivity contribution in [3.05, 3.63) is 65.0 Å². The van der Waals surface area contributed by atoms with E-state index in [0.29, 0.717) is 11.3 Å². The van der Waals surface area contributed by atoms with Gasteiger partial charge in [0.1, 0.15) is 0 Å². The fourth-order valence-electron chi connectivity index (χ4n) is 1.70. The van der Waals surface area contributed by atoms with Gasteiger partial charge in [-0.2, -0.15) is 0 Å². The Hall–Kier alpha value is -2.95. The van der Waals surface area contributed by atoms with Crippen LogP contribution in [0.3, 0.4) is 0 Å². The van der Waals surface area contributed by atoms with E-state index in [2.05, 4.69) is 10.3 Å². The minimum absolute atomic E-state index is 0.128. The maximum atomic E-state index is 11.4. The lowest BCUT2D eigenvalue weighted by atomic mass is 10.1. The van der Waals surface area contributed by atoms with Gasteiger partial charge in [0.05, 0.1) is 11.3 Å². The van der Waals surface area contributed by atoms with Crippen LogP contribution in [-0.4, -0.2) is 29.0 Å². The first-order valence-electron chi connectivity index (χ1n) is 6.30. The average Bonchev–Trinajstić information content (AvgIpc) is 2.53. The molecular formula is C16H14N2O3. The van der Waals surface area contributed by atoms with Gasteiger partial charge in [-0.15, -0.1) is 0 Å². The van der Waals surface area contributed by atoms with Crippen molar-refractivity contribution < 1.29 is 14.7 Å². The Morgan fingerprint density at radius 3 is 2.24 bits per heavy atom. The van der Waals surface area contributed by atoms with Gasteiger partial charge in [0.25, 0.3) is 5.91 Å². The Morgan fingerprint density at radius 2 is 1.71 bits per heavy atom. The van der Waals surface area contributed by atoms with Gasteiger partial charge in [0, 0.05) is 18.8 Å². The first kappa shape index (κ1) is 14.5. The second-order valence-electron chi connectivity index (χ2n) is 4.31. The van der Waals surface area contributed by atoms with Crippen LogP contribution in [0.2, 0.25) is 0 Å². The average molecular weight is 282 g/mol. The summed E-state index contributed by atoms with van der Waals surface area (Å²) in [6.45, 7) is 0. The van der Waals surface area contributed by atoms with Crippen molar-refractivity contribution >= 4 is 24.0 Å². The van der Waals surface area contributed by atoms with Crippen LogP contribution in [0.5, 0.6) is 0 Å². The fourth-order valence-corrected chi connectivity index (χ4v) is 1.70. The molecule has 5 nitrogen and oxygen atoms in total. The molecular weight excluding hydrogens is 268 g/mol. The third-order valence-electron chi connectivity index (χ3n) is 2.88. The van der Waals surface area contributed by atoms with Gasteiger partial charge >= 0.3 is 5.97 Å². The largest absolute Gasteiger partial charge is 0.478 e. The molecule has 1 amide bonds. The van der Waals surface area contributed by atoms with Gasteiger partial charge in [-0.1, -0.05) is 18.2 Å². The molecule has 106 valence electrons. The molecule has 1 aromatic carbocycles. The molecule has 5 heteroatoms. The lowest BCUT2D eigenvalue weighted by Crippen LogP contribution is -2.17. The van der Waals surface area contributed by atoms with Gasteiger partial charge in [0.15, 0.2) is 0 Å². The number of pyridine rings is 1.